The zero-order valence-corrected chi connectivity index (χ0v) is 11.0. The Morgan fingerprint density at radius 2 is 2.28 bits per heavy atom. The maximum atomic E-state index is 13.1. The van der Waals surface area contributed by atoms with E-state index in [1.165, 1.54) is 31.5 Å². The fourth-order valence-electron chi connectivity index (χ4n) is 3.34. The van der Waals surface area contributed by atoms with Crippen LogP contribution in [0.4, 0.5) is 4.39 Å². The third-order valence-corrected chi connectivity index (χ3v) is 4.37. The van der Waals surface area contributed by atoms with E-state index in [1.807, 2.05) is 13.0 Å². The Morgan fingerprint density at radius 1 is 1.39 bits per heavy atom. The smallest absolute Gasteiger partial charge is 0.123 e. The lowest BCUT2D eigenvalue weighted by Crippen LogP contribution is -2.40. The molecule has 1 aromatic carbocycles. The molecule has 2 saturated heterocycles. The van der Waals surface area contributed by atoms with Crippen molar-refractivity contribution >= 4 is 0 Å². The molecule has 2 unspecified atom stereocenters. The molecule has 2 nitrogen and oxygen atoms in total. The van der Waals surface area contributed by atoms with E-state index in [4.69, 9.17) is 0 Å². The summed E-state index contributed by atoms with van der Waals surface area (Å²) in [6, 6.07) is 5.82. The van der Waals surface area contributed by atoms with Gasteiger partial charge in [-0.1, -0.05) is 6.07 Å². The van der Waals surface area contributed by atoms with Gasteiger partial charge in [0.2, 0.25) is 0 Å². The first-order valence-corrected chi connectivity index (χ1v) is 6.93. The molecule has 2 aliphatic heterocycles. The van der Waals surface area contributed by atoms with Crippen molar-refractivity contribution < 1.29 is 4.39 Å². The van der Waals surface area contributed by atoms with E-state index >= 15 is 0 Å². The molecular weight excluding hydrogens is 227 g/mol. The number of rotatable bonds is 2. The molecule has 2 aliphatic rings. The third kappa shape index (κ3) is 2.43. The van der Waals surface area contributed by atoms with Crippen LogP contribution < -0.4 is 5.32 Å². The highest BCUT2D eigenvalue weighted by Crippen LogP contribution is 2.26. The van der Waals surface area contributed by atoms with Crippen LogP contribution in [0.2, 0.25) is 0 Å². The number of hydrogen-bond acceptors (Lipinski definition) is 2. The van der Waals surface area contributed by atoms with Crippen molar-refractivity contribution in [3.05, 3.63) is 35.1 Å². The second-order valence-electron chi connectivity index (χ2n) is 5.73. The van der Waals surface area contributed by atoms with Gasteiger partial charge in [0.1, 0.15) is 5.82 Å². The lowest BCUT2D eigenvalue weighted by Gasteiger charge is -2.24. The van der Waals surface area contributed by atoms with Gasteiger partial charge >= 0.3 is 0 Å². The Kier molecular flexibility index (Phi) is 3.35. The Balaban J connectivity index is 1.66. The second-order valence-corrected chi connectivity index (χ2v) is 5.73. The summed E-state index contributed by atoms with van der Waals surface area (Å²) in [5.41, 5.74) is 2.33. The summed E-state index contributed by atoms with van der Waals surface area (Å²) >= 11 is 0. The Hall–Kier alpha value is -0.930. The van der Waals surface area contributed by atoms with Gasteiger partial charge in [-0.2, -0.15) is 0 Å². The number of aryl methyl sites for hydroxylation is 1. The van der Waals surface area contributed by atoms with Gasteiger partial charge in [-0.15, -0.1) is 0 Å². The number of likely N-dealkylation sites (tertiary alicyclic amines) is 1. The summed E-state index contributed by atoms with van der Waals surface area (Å²) in [5.74, 6) is 0.688. The van der Waals surface area contributed by atoms with Crippen LogP contribution in [0.25, 0.3) is 0 Å². The molecule has 0 aromatic heterocycles. The predicted octanol–water partition coefficient (Wildman–Crippen LogP) is 2.32. The third-order valence-electron chi connectivity index (χ3n) is 4.37. The van der Waals surface area contributed by atoms with Crippen molar-refractivity contribution in [2.75, 3.05) is 19.6 Å². The highest BCUT2D eigenvalue weighted by molar-refractivity contribution is 5.26. The number of benzene rings is 1. The largest absolute Gasteiger partial charge is 0.312 e. The molecule has 3 rings (SSSR count). The zero-order valence-electron chi connectivity index (χ0n) is 11.0. The van der Waals surface area contributed by atoms with Crippen molar-refractivity contribution in [2.24, 2.45) is 5.92 Å². The van der Waals surface area contributed by atoms with E-state index in [0.29, 0.717) is 6.04 Å². The molecule has 0 saturated carbocycles. The van der Waals surface area contributed by atoms with Gasteiger partial charge in [-0.05, 0) is 55.5 Å². The highest BCUT2D eigenvalue weighted by Gasteiger charge is 2.33. The minimum atomic E-state index is -0.131. The number of nitrogens with zero attached hydrogens (tertiary/aromatic N) is 1. The van der Waals surface area contributed by atoms with E-state index in [9.17, 15) is 4.39 Å². The summed E-state index contributed by atoms with van der Waals surface area (Å²) in [4.78, 5) is 2.51. The van der Waals surface area contributed by atoms with Crippen molar-refractivity contribution in [1.82, 2.24) is 10.2 Å². The highest BCUT2D eigenvalue weighted by atomic mass is 19.1. The lowest BCUT2D eigenvalue weighted by atomic mass is 9.94. The van der Waals surface area contributed by atoms with Crippen LogP contribution >= 0.6 is 0 Å². The molecule has 2 atom stereocenters. The second kappa shape index (κ2) is 4.98. The molecule has 2 heterocycles. The average Bonchev–Trinajstić information content (AvgIpc) is 2.75. The van der Waals surface area contributed by atoms with E-state index in [1.54, 1.807) is 12.1 Å². The molecule has 1 N–H and O–H groups in total. The van der Waals surface area contributed by atoms with Gasteiger partial charge in [-0.25, -0.2) is 4.39 Å². The van der Waals surface area contributed by atoms with Crippen LogP contribution in [0.1, 0.15) is 24.0 Å². The van der Waals surface area contributed by atoms with Gasteiger partial charge in [0.25, 0.3) is 0 Å². The standard InChI is InChI=1S/C15H21FN2/c1-11-7-14(16)5-4-12(11)8-18-9-13-3-2-6-17-15(13)10-18/h4-5,7,13,15,17H,2-3,6,8-10H2,1H3. The topological polar surface area (TPSA) is 15.3 Å². The lowest BCUT2D eigenvalue weighted by molar-refractivity contribution is 0.312. The zero-order chi connectivity index (χ0) is 12.5. The van der Waals surface area contributed by atoms with Gasteiger partial charge in [-0.3, -0.25) is 4.90 Å². The van der Waals surface area contributed by atoms with E-state index in [2.05, 4.69) is 10.2 Å². The Labute approximate surface area is 108 Å². The SMILES string of the molecule is Cc1cc(F)ccc1CN1CC2CCCNC2C1. The Morgan fingerprint density at radius 3 is 3.06 bits per heavy atom. The van der Waals surface area contributed by atoms with Crippen LogP contribution in [0.5, 0.6) is 0 Å². The van der Waals surface area contributed by atoms with Gasteiger partial charge in [0.05, 0.1) is 0 Å². The minimum Gasteiger partial charge on any atom is -0.312 e. The monoisotopic (exact) mass is 248 g/mol. The summed E-state index contributed by atoms with van der Waals surface area (Å²) in [5, 5.41) is 3.62. The first-order valence-electron chi connectivity index (χ1n) is 6.93. The van der Waals surface area contributed by atoms with Crippen molar-refractivity contribution in [3.63, 3.8) is 0 Å². The molecular formula is C15H21FN2. The summed E-state index contributed by atoms with van der Waals surface area (Å²) < 4.78 is 13.1. The minimum absolute atomic E-state index is 0.131. The maximum absolute atomic E-state index is 13.1. The molecule has 0 aliphatic carbocycles. The molecule has 2 fully saturated rings. The van der Waals surface area contributed by atoms with Crippen LogP contribution in [0.3, 0.4) is 0 Å². The summed E-state index contributed by atoms with van der Waals surface area (Å²) in [6.07, 6.45) is 2.67. The summed E-state index contributed by atoms with van der Waals surface area (Å²) in [7, 11) is 0. The van der Waals surface area contributed by atoms with Crippen LogP contribution in [-0.2, 0) is 6.54 Å². The number of halogens is 1. The van der Waals surface area contributed by atoms with Crippen LogP contribution in [-0.4, -0.2) is 30.6 Å². The fourth-order valence-corrected chi connectivity index (χ4v) is 3.34. The number of nitrogens with one attached hydrogen (secondary N) is 1. The first-order chi connectivity index (χ1) is 8.72. The van der Waals surface area contributed by atoms with Crippen molar-refractivity contribution in [1.29, 1.82) is 0 Å². The van der Waals surface area contributed by atoms with Crippen LogP contribution in [0, 0.1) is 18.7 Å². The molecule has 0 spiro atoms. The van der Waals surface area contributed by atoms with E-state index < -0.39 is 0 Å². The quantitative estimate of drug-likeness (QED) is 0.864. The normalized spacial score (nSPS) is 28.3. The molecule has 3 heteroatoms. The van der Waals surface area contributed by atoms with Crippen molar-refractivity contribution in [3.8, 4) is 0 Å². The molecule has 18 heavy (non-hydrogen) atoms. The average molecular weight is 248 g/mol. The van der Waals surface area contributed by atoms with Crippen LogP contribution in [0.15, 0.2) is 18.2 Å². The molecule has 98 valence electrons. The summed E-state index contributed by atoms with van der Waals surface area (Å²) in [6.45, 7) is 6.46. The number of hydrogen-bond donors (Lipinski definition) is 1. The van der Waals surface area contributed by atoms with Gasteiger partial charge < -0.3 is 5.32 Å². The van der Waals surface area contributed by atoms with E-state index in [0.717, 1.165) is 24.6 Å². The number of piperidine rings is 1. The Bertz CT molecular complexity index is 419. The number of fused-ring (bicyclic) bond motifs is 1. The van der Waals surface area contributed by atoms with Gasteiger partial charge in [0.15, 0.2) is 0 Å². The van der Waals surface area contributed by atoms with Gasteiger partial charge in [0, 0.05) is 25.7 Å². The first kappa shape index (κ1) is 12.1. The van der Waals surface area contributed by atoms with E-state index in [-0.39, 0.29) is 5.82 Å². The molecule has 1 aromatic rings. The maximum Gasteiger partial charge on any atom is 0.123 e. The molecule has 0 bridgehead atoms. The predicted molar refractivity (Wildman–Crippen MR) is 70.9 cm³/mol. The molecule has 0 radical (unpaired) electrons. The molecule has 0 amide bonds. The fraction of sp³-hybridized carbons (Fsp3) is 0.600. The van der Waals surface area contributed by atoms with Crippen molar-refractivity contribution in [2.45, 2.75) is 32.4 Å².